The molecule has 3 aromatic carbocycles. The van der Waals surface area contributed by atoms with Crippen LogP contribution >= 0.6 is 11.8 Å². The molecule has 5 aromatic rings. The van der Waals surface area contributed by atoms with Gasteiger partial charge in [-0.3, -0.25) is 4.98 Å². The van der Waals surface area contributed by atoms with Gasteiger partial charge in [-0.05, 0) is 59.7 Å². The molecule has 1 aliphatic heterocycles. The quantitative estimate of drug-likeness (QED) is 0.164. The van der Waals surface area contributed by atoms with Crippen molar-refractivity contribution in [3.8, 4) is 22.9 Å². The smallest absolute Gasteiger partial charge is 0.416 e. The largest absolute Gasteiger partial charge is 0.487 e. The van der Waals surface area contributed by atoms with E-state index in [1.807, 2.05) is 48.7 Å². The fourth-order valence-corrected chi connectivity index (χ4v) is 7.40. The number of nitrogens with zero attached hydrogens (tertiary/aromatic N) is 3. The van der Waals surface area contributed by atoms with E-state index in [-0.39, 0.29) is 10.7 Å². The molecular formula is C37H34F3N3OS. The van der Waals surface area contributed by atoms with Gasteiger partial charge in [-0.25, -0.2) is 0 Å². The lowest BCUT2D eigenvalue weighted by atomic mass is 9.85. The maximum atomic E-state index is 13.6. The fourth-order valence-electron chi connectivity index (χ4n) is 6.08. The molecule has 1 atom stereocenters. The van der Waals surface area contributed by atoms with Crippen LogP contribution in [0.3, 0.4) is 0 Å². The van der Waals surface area contributed by atoms with Gasteiger partial charge in [-0.1, -0.05) is 69.3 Å². The predicted octanol–water partition coefficient (Wildman–Crippen LogP) is 9.87. The molecule has 8 heteroatoms. The van der Waals surface area contributed by atoms with Crippen LogP contribution in [0.15, 0.2) is 90.0 Å². The number of hydrogen-bond donors (Lipinski definition) is 0. The topological polar surface area (TPSA) is 50.8 Å². The first-order valence-corrected chi connectivity index (χ1v) is 15.9. The molecular weight excluding hydrogens is 591 g/mol. The highest BCUT2D eigenvalue weighted by atomic mass is 32.2. The summed E-state index contributed by atoms with van der Waals surface area (Å²) in [6.45, 7) is 6.94. The Kier molecular flexibility index (Phi) is 8.41. The number of nitriles is 1. The highest BCUT2D eigenvalue weighted by Crippen LogP contribution is 2.48. The number of thioether (sulfide) groups is 1. The van der Waals surface area contributed by atoms with Crippen molar-refractivity contribution in [2.75, 3.05) is 0 Å². The van der Waals surface area contributed by atoms with Crippen LogP contribution in [0.2, 0.25) is 0 Å². The van der Waals surface area contributed by atoms with Crippen molar-refractivity contribution >= 4 is 22.7 Å². The lowest BCUT2D eigenvalue weighted by Gasteiger charge is -2.25. The van der Waals surface area contributed by atoms with E-state index in [1.165, 1.54) is 12.1 Å². The molecule has 230 valence electrons. The van der Waals surface area contributed by atoms with Crippen LogP contribution in [0.4, 0.5) is 13.2 Å². The summed E-state index contributed by atoms with van der Waals surface area (Å²) in [6.07, 6.45) is -0.756. The number of hydrogen-bond acceptors (Lipinski definition) is 4. The van der Waals surface area contributed by atoms with Gasteiger partial charge >= 0.3 is 6.18 Å². The Balaban J connectivity index is 1.38. The lowest BCUT2D eigenvalue weighted by Crippen LogP contribution is -2.18. The van der Waals surface area contributed by atoms with Gasteiger partial charge in [0.2, 0.25) is 0 Å². The molecule has 2 aromatic heterocycles. The summed E-state index contributed by atoms with van der Waals surface area (Å²) in [5, 5.41) is 10.9. The van der Waals surface area contributed by atoms with E-state index in [9.17, 15) is 18.4 Å². The van der Waals surface area contributed by atoms with Crippen molar-refractivity contribution in [2.24, 2.45) is 5.41 Å². The Morgan fingerprint density at radius 1 is 1.00 bits per heavy atom. The molecule has 0 aliphatic carbocycles. The third-order valence-corrected chi connectivity index (χ3v) is 9.51. The number of rotatable bonds is 9. The number of benzene rings is 3. The zero-order chi connectivity index (χ0) is 31.8. The van der Waals surface area contributed by atoms with Crippen molar-refractivity contribution in [1.29, 1.82) is 5.26 Å². The summed E-state index contributed by atoms with van der Waals surface area (Å²) in [5.41, 5.74) is 5.71. The number of ether oxygens (including phenoxy) is 1. The van der Waals surface area contributed by atoms with Gasteiger partial charge in [0.15, 0.2) is 0 Å². The minimum absolute atomic E-state index is 0.274. The monoisotopic (exact) mass is 625 g/mol. The molecule has 45 heavy (non-hydrogen) atoms. The highest BCUT2D eigenvalue weighted by Gasteiger charge is 2.33. The normalized spacial score (nSPS) is 14.8. The third-order valence-electron chi connectivity index (χ3n) is 8.27. The first-order chi connectivity index (χ1) is 21.5. The van der Waals surface area contributed by atoms with Crippen molar-refractivity contribution in [2.45, 2.75) is 69.5 Å². The number of pyridine rings is 1. The molecule has 3 heterocycles. The van der Waals surface area contributed by atoms with Crippen molar-refractivity contribution in [3.05, 3.63) is 113 Å². The van der Waals surface area contributed by atoms with E-state index in [0.29, 0.717) is 31.6 Å². The Labute approximate surface area is 265 Å². The Hall–Kier alpha value is -4.22. The fraction of sp³-hybridized carbons (Fsp3) is 0.297. The zero-order valence-corrected chi connectivity index (χ0v) is 26.3. The summed E-state index contributed by atoms with van der Waals surface area (Å²) in [5.74, 6) is 0.795. The Morgan fingerprint density at radius 2 is 1.80 bits per heavy atom. The summed E-state index contributed by atoms with van der Waals surface area (Å²) in [7, 11) is 0. The van der Waals surface area contributed by atoms with Crippen LogP contribution in [0.5, 0.6) is 5.75 Å². The van der Waals surface area contributed by atoms with Gasteiger partial charge in [-0.2, -0.15) is 18.4 Å². The van der Waals surface area contributed by atoms with E-state index in [4.69, 9.17) is 4.74 Å². The second kappa shape index (κ2) is 12.3. The number of alkyl halides is 3. The second-order valence-corrected chi connectivity index (χ2v) is 13.9. The van der Waals surface area contributed by atoms with Crippen LogP contribution < -0.4 is 4.74 Å². The molecule has 0 N–H and O–H groups in total. The first-order valence-electron chi connectivity index (χ1n) is 15.0. The molecule has 0 spiro atoms. The van der Waals surface area contributed by atoms with Crippen LogP contribution in [-0.4, -0.2) is 14.8 Å². The minimum atomic E-state index is -4.41. The molecule has 0 saturated heterocycles. The first kappa shape index (κ1) is 30.8. The highest BCUT2D eigenvalue weighted by molar-refractivity contribution is 8.00. The Bertz CT molecular complexity index is 1870. The second-order valence-electron chi connectivity index (χ2n) is 12.5. The average Bonchev–Trinajstić information content (AvgIpc) is 3.28. The summed E-state index contributed by atoms with van der Waals surface area (Å²) < 4.78 is 49.3. The molecule has 4 nitrogen and oxygen atoms in total. The number of halogens is 3. The summed E-state index contributed by atoms with van der Waals surface area (Å²) in [4.78, 5) is 5.77. The van der Waals surface area contributed by atoms with E-state index < -0.39 is 11.7 Å². The molecule has 0 radical (unpaired) electrons. The van der Waals surface area contributed by atoms with E-state index >= 15 is 0 Å². The van der Waals surface area contributed by atoms with Crippen LogP contribution in [-0.2, 0) is 32.2 Å². The standard InChI is InChI=1S/C37H34F3N3OS/c1-24-18-30-33(44-23-29-13-12-27(21-42-29)26-9-5-4-6-10-26)15-14-31-34(30)35(45-24)32(20-36(2,3)16-17-41)43(31)22-25-8-7-11-28(19-25)37(38,39)40/h4-15,19,21,24H,16,18,20,22-23H2,1-3H3. The average molecular weight is 626 g/mol. The summed E-state index contributed by atoms with van der Waals surface area (Å²) in [6, 6.07) is 26.0. The van der Waals surface area contributed by atoms with Crippen LogP contribution in [0, 0.1) is 16.7 Å². The summed E-state index contributed by atoms with van der Waals surface area (Å²) >= 11 is 1.80. The van der Waals surface area contributed by atoms with Gasteiger partial charge in [0.25, 0.3) is 0 Å². The van der Waals surface area contributed by atoms with Crippen LogP contribution in [0.25, 0.3) is 22.0 Å². The molecule has 0 amide bonds. The predicted molar refractivity (Wildman–Crippen MR) is 173 cm³/mol. The molecule has 6 rings (SSSR count). The van der Waals surface area contributed by atoms with E-state index in [2.05, 4.69) is 48.5 Å². The van der Waals surface area contributed by atoms with Gasteiger partial charge in [0, 0.05) is 51.5 Å². The zero-order valence-electron chi connectivity index (χ0n) is 25.5. The molecule has 1 unspecified atom stereocenters. The molecule has 1 aliphatic rings. The van der Waals surface area contributed by atoms with E-state index in [1.54, 1.807) is 17.8 Å². The molecule has 0 fully saturated rings. The Morgan fingerprint density at radius 3 is 2.51 bits per heavy atom. The van der Waals surface area contributed by atoms with Gasteiger partial charge in [-0.15, -0.1) is 11.8 Å². The maximum Gasteiger partial charge on any atom is 0.416 e. The van der Waals surface area contributed by atoms with Crippen LogP contribution in [0.1, 0.15) is 55.3 Å². The third kappa shape index (κ3) is 6.60. The lowest BCUT2D eigenvalue weighted by molar-refractivity contribution is -0.137. The van der Waals surface area contributed by atoms with Crippen molar-refractivity contribution in [1.82, 2.24) is 9.55 Å². The SMILES string of the molecule is CC1Cc2c(OCc3ccc(-c4ccccc4)cn3)ccc3c2c(c(CC(C)(C)CC#N)n3Cc2cccc(C(F)(F)F)c2)S1. The van der Waals surface area contributed by atoms with Gasteiger partial charge < -0.3 is 9.30 Å². The van der Waals surface area contributed by atoms with Crippen molar-refractivity contribution in [3.63, 3.8) is 0 Å². The molecule has 0 bridgehead atoms. The van der Waals surface area contributed by atoms with E-state index in [0.717, 1.165) is 62.1 Å². The molecule has 0 saturated carbocycles. The maximum absolute atomic E-state index is 13.6. The number of aromatic nitrogens is 2. The van der Waals surface area contributed by atoms with Gasteiger partial charge in [0.1, 0.15) is 12.4 Å². The van der Waals surface area contributed by atoms with Crippen molar-refractivity contribution < 1.29 is 17.9 Å². The van der Waals surface area contributed by atoms with Gasteiger partial charge in [0.05, 0.1) is 22.8 Å². The minimum Gasteiger partial charge on any atom is -0.487 e.